The number of thiophene rings is 1. The topological polar surface area (TPSA) is 49.4 Å². The summed E-state index contributed by atoms with van der Waals surface area (Å²) in [6, 6.07) is 8.52. The van der Waals surface area contributed by atoms with Crippen molar-refractivity contribution in [3.8, 4) is 0 Å². The van der Waals surface area contributed by atoms with Crippen molar-refractivity contribution >= 4 is 58.1 Å². The van der Waals surface area contributed by atoms with Crippen LogP contribution in [-0.4, -0.2) is 11.8 Å². The summed E-state index contributed by atoms with van der Waals surface area (Å²) in [5, 5.41) is 1.86. The summed E-state index contributed by atoms with van der Waals surface area (Å²) >= 11 is 13.3. The van der Waals surface area contributed by atoms with Gasteiger partial charge < -0.3 is 0 Å². The van der Waals surface area contributed by atoms with E-state index in [0.717, 1.165) is 14.8 Å². The van der Waals surface area contributed by atoms with E-state index in [0.29, 0.717) is 15.7 Å². The molecule has 1 saturated heterocycles. The highest BCUT2D eigenvalue weighted by Gasteiger charge is 2.34. The zero-order valence-corrected chi connectivity index (χ0v) is 13.7. The number of rotatable bonds is 2. The monoisotopic (exact) mass is 352 g/mol. The van der Waals surface area contributed by atoms with Crippen LogP contribution in [0.25, 0.3) is 6.08 Å². The summed E-state index contributed by atoms with van der Waals surface area (Å²) in [7, 11) is 0. The number of nitrogens with one attached hydrogen (secondary N) is 1. The Balaban J connectivity index is 1.94. The second-order valence-corrected chi connectivity index (χ2v) is 6.82. The molecule has 1 N–H and O–H groups in total. The van der Waals surface area contributed by atoms with E-state index in [4.69, 9.17) is 23.2 Å². The number of benzene rings is 1. The average Bonchev–Trinajstić information content (AvgIpc) is 3.00. The molecular weight excluding hydrogens is 343 g/mol. The fraction of sp³-hybridized carbons (Fsp3) is 0.0667. The molecule has 3 rings (SSSR count). The van der Waals surface area contributed by atoms with Crippen molar-refractivity contribution in [2.24, 2.45) is 0 Å². The van der Waals surface area contributed by atoms with Crippen molar-refractivity contribution in [3.05, 3.63) is 55.7 Å². The van der Waals surface area contributed by atoms with Gasteiger partial charge in [0.25, 0.3) is 11.8 Å². The van der Waals surface area contributed by atoms with E-state index in [9.17, 15) is 9.59 Å². The first-order chi connectivity index (χ1) is 10.5. The van der Waals surface area contributed by atoms with E-state index in [-0.39, 0.29) is 5.57 Å². The Morgan fingerprint density at radius 1 is 1.14 bits per heavy atom. The summed E-state index contributed by atoms with van der Waals surface area (Å²) < 4.78 is 0. The molecule has 2 heterocycles. The lowest BCUT2D eigenvalue weighted by Crippen LogP contribution is -2.35. The lowest BCUT2D eigenvalue weighted by atomic mass is 10.2. The summed E-state index contributed by atoms with van der Waals surface area (Å²) in [5.41, 5.74) is 3.07. The number of carbonyl (C=O) groups is 2. The van der Waals surface area contributed by atoms with Crippen molar-refractivity contribution in [3.63, 3.8) is 0 Å². The molecule has 0 atom stereocenters. The first kappa shape index (κ1) is 15.1. The van der Waals surface area contributed by atoms with Gasteiger partial charge in [-0.25, -0.2) is 5.01 Å². The predicted octanol–water partition coefficient (Wildman–Crippen LogP) is 3.82. The summed E-state index contributed by atoms with van der Waals surface area (Å²) in [6.07, 6.45) is 1.59. The Labute approximate surface area is 140 Å². The number of halogens is 2. The smallest absolute Gasteiger partial charge is 0.267 e. The summed E-state index contributed by atoms with van der Waals surface area (Å²) in [6.45, 7) is 1.96. The van der Waals surface area contributed by atoms with Gasteiger partial charge in [-0.05, 0) is 43.3 Å². The van der Waals surface area contributed by atoms with Gasteiger partial charge >= 0.3 is 0 Å². The fourth-order valence-electron chi connectivity index (χ4n) is 2.04. The van der Waals surface area contributed by atoms with Crippen molar-refractivity contribution in [2.45, 2.75) is 6.92 Å². The van der Waals surface area contributed by atoms with E-state index >= 15 is 0 Å². The van der Waals surface area contributed by atoms with Crippen molar-refractivity contribution in [1.82, 2.24) is 5.43 Å². The molecule has 7 heteroatoms. The van der Waals surface area contributed by atoms with Crippen LogP contribution in [0.15, 0.2) is 35.9 Å². The molecule has 0 radical (unpaired) electrons. The van der Waals surface area contributed by atoms with Crippen LogP contribution in [-0.2, 0) is 9.59 Å². The van der Waals surface area contributed by atoms with Gasteiger partial charge in [-0.15, -0.1) is 11.3 Å². The zero-order chi connectivity index (χ0) is 15.9. The van der Waals surface area contributed by atoms with E-state index < -0.39 is 11.8 Å². The molecule has 0 spiro atoms. The number of hydrogen-bond donors (Lipinski definition) is 1. The Morgan fingerprint density at radius 2 is 1.91 bits per heavy atom. The Morgan fingerprint density at radius 3 is 2.55 bits per heavy atom. The zero-order valence-electron chi connectivity index (χ0n) is 11.4. The first-order valence-corrected chi connectivity index (χ1v) is 7.91. The third kappa shape index (κ3) is 2.75. The second-order valence-electron chi connectivity index (χ2n) is 4.69. The fourth-order valence-corrected chi connectivity index (χ4v) is 3.15. The lowest BCUT2D eigenvalue weighted by molar-refractivity contribution is -0.117. The van der Waals surface area contributed by atoms with E-state index in [1.165, 1.54) is 17.4 Å². The summed E-state index contributed by atoms with van der Waals surface area (Å²) in [5.74, 6) is -0.864. The third-order valence-electron chi connectivity index (χ3n) is 3.10. The van der Waals surface area contributed by atoms with E-state index in [2.05, 4.69) is 5.43 Å². The molecule has 2 amide bonds. The minimum atomic E-state index is -0.442. The molecular formula is C15H10Cl2N2O2S. The lowest BCUT2D eigenvalue weighted by Gasteiger charge is -2.15. The molecule has 0 aliphatic carbocycles. The normalized spacial score (nSPS) is 16.5. The summed E-state index contributed by atoms with van der Waals surface area (Å²) in [4.78, 5) is 26.4. The first-order valence-electron chi connectivity index (χ1n) is 6.34. The molecule has 1 aliphatic rings. The molecule has 1 aromatic heterocycles. The number of carbonyl (C=O) groups excluding carboxylic acids is 2. The average molecular weight is 353 g/mol. The maximum atomic E-state index is 12.4. The molecule has 0 saturated carbocycles. The van der Waals surface area contributed by atoms with Crippen LogP contribution in [0.4, 0.5) is 5.69 Å². The number of amides is 2. The highest BCUT2D eigenvalue weighted by Crippen LogP contribution is 2.29. The minimum Gasteiger partial charge on any atom is -0.267 e. The number of hydrazine groups is 1. The Bertz CT molecular complexity index is 814. The van der Waals surface area contributed by atoms with Gasteiger partial charge in [0.05, 0.1) is 15.7 Å². The van der Waals surface area contributed by atoms with Crippen molar-refractivity contribution in [1.29, 1.82) is 0 Å². The molecule has 0 bridgehead atoms. The van der Waals surface area contributed by atoms with Gasteiger partial charge in [0, 0.05) is 9.75 Å². The Hall–Kier alpha value is -1.82. The standard InChI is InChI=1S/C15H10Cl2N2O2S/c1-8-2-4-10(22-8)7-11-14(20)18-19(15(11)21)9-3-5-12(16)13(17)6-9/h2-7H,1H3,(H,18,20)/b11-7+. The second kappa shape index (κ2) is 5.76. The van der Waals surface area contributed by atoms with Gasteiger partial charge in [-0.1, -0.05) is 23.2 Å². The largest absolute Gasteiger partial charge is 0.282 e. The van der Waals surface area contributed by atoms with E-state index in [1.54, 1.807) is 18.2 Å². The van der Waals surface area contributed by atoms with Gasteiger partial charge in [-0.3, -0.25) is 15.0 Å². The SMILES string of the molecule is Cc1ccc(/C=C2\C(=O)NN(c3ccc(Cl)c(Cl)c3)C2=O)s1. The maximum absolute atomic E-state index is 12.4. The van der Waals surface area contributed by atoms with Crippen LogP contribution in [0.3, 0.4) is 0 Å². The van der Waals surface area contributed by atoms with Gasteiger partial charge in [0.15, 0.2) is 0 Å². The van der Waals surface area contributed by atoms with Crippen LogP contribution >= 0.6 is 34.5 Å². The van der Waals surface area contributed by atoms with Crippen molar-refractivity contribution < 1.29 is 9.59 Å². The number of aryl methyl sites for hydroxylation is 1. The number of anilines is 1. The molecule has 112 valence electrons. The predicted molar refractivity (Wildman–Crippen MR) is 89.1 cm³/mol. The molecule has 22 heavy (non-hydrogen) atoms. The van der Waals surface area contributed by atoms with Crippen LogP contribution < -0.4 is 10.4 Å². The van der Waals surface area contributed by atoms with Gasteiger partial charge in [0.1, 0.15) is 5.57 Å². The van der Waals surface area contributed by atoms with Gasteiger partial charge in [0.2, 0.25) is 0 Å². The van der Waals surface area contributed by atoms with E-state index in [1.807, 2.05) is 19.1 Å². The maximum Gasteiger partial charge on any atom is 0.282 e. The third-order valence-corrected chi connectivity index (χ3v) is 4.79. The molecule has 2 aromatic rings. The molecule has 4 nitrogen and oxygen atoms in total. The quantitative estimate of drug-likeness (QED) is 0.659. The van der Waals surface area contributed by atoms with Crippen LogP contribution in [0.5, 0.6) is 0 Å². The number of hydrogen-bond acceptors (Lipinski definition) is 3. The molecule has 0 unspecified atom stereocenters. The van der Waals surface area contributed by atoms with Crippen LogP contribution in [0.2, 0.25) is 10.0 Å². The highest BCUT2D eigenvalue weighted by molar-refractivity contribution is 7.12. The highest BCUT2D eigenvalue weighted by atomic mass is 35.5. The van der Waals surface area contributed by atoms with Crippen LogP contribution in [0.1, 0.15) is 9.75 Å². The number of nitrogens with zero attached hydrogens (tertiary/aromatic N) is 1. The minimum absolute atomic E-state index is 0.0907. The van der Waals surface area contributed by atoms with Gasteiger partial charge in [-0.2, -0.15) is 0 Å². The van der Waals surface area contributed by atoms with Crippen molar-refractivity contribution in [2.75, 3.05) is 5.01 Å². The van der Waals surface area contributed by atoms with Crippen LogP contribution in [0, 0.1) is 6.92 Å². The molecule has 1 fully saturated rings. The molecule has 1 aliphatic heterocycles. The Kier molecular flexibility index (Phi) is 3.95. The molecule has 1 aromatic carbocycles.